The minimum Gasteiger partial charge on any atom is -0.384 e. The van der Waals surface area contributed by atoms with Crippen LogP contribution in [0.25, 0.3) is 0 Å². The molecule has 2 rings (SSSR count). The van der Waals surface area contributed by atoms with Crippen LogP contribution in [0.3, 0.4) is 0 Å². The Labute approximate surface area is 107 Å². The molecule has 0 aliphatic heterocycles. The van der Waals surface area contributed by atoms with Gasteiger partial charge in [0.2, 0.25) is 0 Å². The highest BCUT2D eigenvalue weighted by Crippen LogP contribution is 2.24. The quantitative estimate of drug-likeness (QED) is 0.837. The Hall–Kier alpha value is -0.940. The van der Waals surface area contributed by atoms with Gasteiger partial charge in [-0.3, -0.25) is 0 Å². The zero-order valence-electron chi connectivity index (χ0n) is 8.40. The van der Waals surface area contributed by atoms with E-state index in [0.717, 1.165) is 3.57 Å². The summed E-state index contributed by atoms with van der Waals surface area (Å²) < 4.78 is 14.5. The maximum Gasteiger partial charge on any atom is 0.129 e. The van der Waals surface area contributed by atoms with Crippen molar-refractivity contribution in [2.24, 2.45) is 0 Å². The number of hydrogen-bond donors (Lipinski definition) is 1. The zero-order valence-corrected chi connectivity index (χ0v) is 10.6. The van der Waals surface area contributed by atoms with Crippen molar-refractivity contribution in [2.75, 3.05) is 0 Å². The van der Waals surface area contributed by atoms with Gasteiger partial charge >= 0.3 is 0 Å². The lowest BCUT2D eigenvalue weighted by Gasteiger charge is -2.12. The first-order valence-corrected chi connectivity index (χ1v) is 5.94. The van der Waals surface area contributed by atoms with Crippen molar-refractivity contribution in [1.29, 1.82) is 0 Å². The van der Waals surface area contributed by atoms with E-state index in [2.05, 4.69) is 22.6 Å². The fraction of sp³-hybridized carbons (Fsp3) is 0.0769. The molecule has 0 saturated heterocycles. The molecule has 1 N–H and O–H groups in total. The smallest absolute Gasteiger partial charge is 0.129 e. The van der Waals surface area contributed by atoms with Crippen LogP contribution in [-0.2, 0) is 0 Å². The fourth-order valence-electron chi connectivity index (χ4n) is 1.52. The first kappa shape index (κ1) is 11.5. The van der Waals surface area contributed by atoms with E-state index in [-0.39, 0.29) is 5.82 Å². The van der Waals surface area contributed by atoms with Crippen LogP contribution in [0.15, 0.2) is 48.5 Å². The second-order valence-electron chi connectivity index (χ2n) is 3.48. The lowest BCUT2D eigenvalue weighted by molar-refractivity contribution is 0.215. The van der Waals surface area contributed by atoms with Gasteiger partial charge in [0.25, 0.3) is 0 Å². The third-order valence-corrected chi connectivity index (χ3v) is 3.10. The molecule has 1 nitrogen and oxygen atoms in total. The molecule has 0 amide bonds. The molecule has 3 heteroatoms. The molecule has 16 heavy (non-hydrogen) atoms. The number of aliphatic hydroxyl groups is 1. The Morgan fingerprint density at radius 1 is 1.00 bits per heavy atom. The molecule has 0 bridgehead atoms. The van der Waals surface area contributed by atoms with E-state index in [9.17, 15) is 9.50 Å². The van der Waals surface area contributed by atoms with Crippen molar-refractivity contribution in [3.05, 3.63) is 69.0 Å². The second kappa shape index (κ2) is 4.93. The van der Waals surface area contributed by atoms with Gasteiger partial charge in [-0.25, -0.2) is 4.39 Å². The van der Waals surface area contributed by atoms with Gasteiger partial charge in [-0.15, -0.1) is 0 Å². The highest BCUT2D eigenvalue weighted by molar-refractivity contribution is 14.1. The molecule has 0 spiro atoms. The van der Waals surface area contributed by atoms with Crippen LogP contribution in [0, 0.1) is 9.39 Å². The Morgan fingerprint density at radius 3 is 2.25 bits per heavy atom. The van der Waals surface area contributed by atoms with Crippen LogP contribution in [0.5, 0.6) is 0 Å². The average Bonchev–Trinajstić information content (AvgIpc) is 2.30. The van der Waals surface area contributed by atoms with E-state index < -0.39 is 6.10 Å². The topological polar surface area (TPSA) is 20.2 Å². The summed E-state index contributed by atoms with van der Waals surface area (Å²) in [5.41, 5.74) is 1.01. The average molecular weight is 328 g/mol. The van der Waals surface area contributed by atoms with Crippen molar-refractivity contribution in [1.82, 2.24) is 0 Å². The SMILES string of the molecule is OC(c1ccc(I)cc1)c1ccccc1F. The van der Waals surface area contributed by atoms with Gasteiger partial charge in [-0.1, -0.05) is 30.3 Å². The minimum absolute atomic E-state index is 0.309. The van der Waals surface area contributed by atoms with Crippen molar-refractivity contribution >= 4 is 22.6 Å². The largest absolute Gasteiger partial charge is 0.384 e. The van der Waals surface area contributed by atoms with Crippen LogP contribution in [0.2, 0.25) is 0 Å². The van der Waals surface area contributed by atoms with E-state index in [1.54, 1.807) is 30.3 Å². The molecule has 1 atom stereocenters. The molecule has 0 aliphatic carbocycles. The van der Waals surface area contributed by atoms with Crippen LogP contribution in [0.4, 0.5) is 4.39 Å². The number of hydrogen-bond acceptors (Lipinski definition) is 1. The summed E-state index contributed by atoms with van der Waals surface area (Å²) in [5.74, 6) is -0.381. The van der Waals surface area contributed by atoms with Crippen molar-refractivity contribution in [3.63, 3.8) is 0 Å². The minimum atomic E-state index is -0.904. The molecular weight excluding hydrogens is 318 g/mol. The summed E-state index contributed by atoms with van der Waals surface area (Å²) in [6.07, 6.45) is -0.904. The van der Waals surface area contributed by atoms with Crippen molar-refractivity contribution in [3.8, 4) is 0 Å². The molecule has 0 saturated carbocycles. The second-order valence-corrected chi connectivity index (χ2v) is 4.72. The predicted octanol–water partition coefficient (Wildman–Crippen LogP) is 3.51. The molecule has 0 aliphatic rings. The Morgan fingerprint density at radius 2 is 1.62 bits per heavy atom. The number of benzene rings is 2. The predicted molar refractivity (Wildman–Crippen MR) is 69.6 cm³/mol. The third-order valence-electron chi connectivity index (χ3n) is 2.39. The van der Waals surface area contributed by atoms with E-state index in [4.69, 9.17) is 0 Å². The first-order chi connectivity index (χ1) is 7.68. The van der Waals surface area contributed by atoms with Gasteiger partial charge in [0.15, 0.2) is 0 Å². The molecule has 0 radical (unpaired) electrons. The van der Waals surface area contributed by atoms with E-state index in [1.165, 1.54) is 6.07 Å². The maximum absolute atomic E-state index is 13.4. The van der Waals surface area contributed by atoms with Gasteiger partial charge in [-0.05, 0) is 46.4 Å². The normalized spacial score (nSPS) is 12.4. The summed E-state index contributed by atoms with van der Waals surface area (Å²) in [4.78, 5) is 0. The lowest BCUT2D eigenvalue weighted by Crippen LogP contribution is -2.02. The zero-order chi connectivity index (χ0) is 11.5. The van der Waals surface area contributed by atoms with E-state index in [0.29, 0.717) is 11.1 Å². The lowest BCUT2D eigenvalue weighted by atomic mass is 10.0. The standard InChI is InChI=1S/C13H10FIO/c14-12-4-2-1-3-11(12)13(16)9-5-7-10(15)8-6-9/h1-8,13,16H. The van der Waals surface area contributed by atoms with E-state index in [1.807, 2.05) is 12.1 Å². The number of halogens is 2. The molecule has 0 fully saturated rings. The van der Waals surface area contributed by atoms with Crippen LogP contribution >= 0.6 is 22.6 Å². The van der Waals surface area contributed by atoms with Gasteiger partial charge in [-0.2, -0.15) is 0 Å². The van der Waals surface area contributed by atoms with Gasteiger partial charge in [0.05, 0.1) is 0 Å². The maximum atomic E-state index is 13.4. The number of aliphatic hydroxyl groups excluding tert-OH is 1. The summed E-state index contributed by atoms with van der Waals surface area (Å²) >= 11 is 2.19. The van der Waals surface area contributed by atoms with Crippen LogP contribution < -0.4 is 0 Å². The molecule has 82 valence electrons. The molecule has 2 aromatic carbocycles. The van der Waals surface area contributed by atoms with E-state index >= 15 is 0 Å². The Kier molecular flexibility index (Phi) is 3.56. The summed E-state index contributed by atoms with van der Waals surface area (Å²) in [5, 5.41) is 10.0. The molecule has 1 unspecified atom stereocenters. The fourth-order valence-corrected chi connectivity index (χ4v) is 1.88. The summed E-state index contributed by atoms with van der Waals surface area (Å²) in [6.45, 7) is 0. The monoisotopic (exact) mass is 328 g/mol. The van der Waals surface area contributed by atoms with Gasteiger partial charge in [0.1, 0.15) is 11.9 Å². The van der Waals surface area contributed by atoms with Crippen LogP contribution in [0.1, 0.15) is 17.2 Å². The third kappa shape index (κ3) is 2.41. The number of rotatable bonds is 2. The van der Waals surface area contributed by atoms with Crippen molar-refractivity contribution in [2.45, 2.75) is 6.10 Å². The van der Waals surface area contributed by atoms with Crippen LogP contribution in [-0.4, -0.2) is 5.11 Å². The molecule has 2 aromatic rings. The Balaban J connectivity index is 2.35. The first-order valence-electron chi connectivity index (χ1n) is 4.86. The molecule has 0 aromatic heterocycles. The molecule has 0 heterocycles. The highest BCUT2D eigenvalue weighted by Gasteiger charge is 2.13. The summed E-state index contributed by atoms with van der Waals surface area (Å²) in [6, 6.07) is 13.7. The van der Waals surface area contributed by atoms with Crippen molar-refractivity contribution < 1.29 is 9.50 Å². The Bertz CT molecular complexity index is 482. The summed E-state index contributed by atoms with van der Waals surface area (Å²) in [7, 11) is 0. The van der Waals surface area contributed by atoms with Gasteiger partial charge in [0, 0.05) is 9.13 Å². The van der Waals surface area contributed by atoms with Gasteiger partial charge < -0.3 is 5.11 Å². The highest BCUT2D eigenvalue weighted by atomic mass is 127. The molecular formula is C13H10FIO.